The first-order valence-corrected chi connectivity index (χ1v) is 7.29. The first-order chi connectivity index (χ1) is 7.99. The van der Waals surface area contributed by atoms with Gasteiger partial charge in [-0.25, -0.2) is 0 Å². The van der Waals surface area contributed by atoms with E-state index >= 15 is 0 Å². The molecule has 0 unspecified atom stereocenters. The van der Waals surface area contributed by atoms with Crippen molar-refractivity contribution in [1.82, 2.24) is 0 Å². The SMILES string of the molecule is [CH2-][NH2+][C@@H]1CCC(C)=C[C@@H]2[C@@H](C(C)C)CC[C@]21C. The van der Waals surface area contributed by atoms with Gasteiger partial charge in [-0.3, -0.25) is 0 Å². The van der Waals surface area contributed by atoms with Crippen molar-refractivity contribution in [3.8, 4) is 0 Å². The number of hydrogen-bond donors (Lipinski definition) is 1. The first-order valence-electron chi connectivity index (χ1n) is 7.29. The number of rotatable bonds is 2. The lowest BCUT2D eigenvalue weighted by Gasteiger charge is -2.38. The Balaban J connectivity index is 2.33. The Hall–Kier alpha value is -0.300. The van der Waals surface area contributed by atoms with Gasteiger partial charge in [-0.2, -0.15) is 7.05 Å². The summed E-state index contributed by atoms with van der Waals surface area (Å²) in [5, 5.41) is 2.24. The maximum Gasteiger partial charge on any atom is 0.0683 e. The predicted octanol–water partition coefficient (Wildman–Crippen LogP) is 3.14. The Bertz CT molecular complexity index is 305. The number of nitrogens with two attached hydrogens (primary N) is 1. The van der Waals surface area contributed by atoms with E-state index in [1.807, 2.05) is 0 Å². The maximum absolute atomic E-state index is 4.10. The van der Waals surface area contributed by atoms with E-state index in [1.165, 1.54) is 25.7 Å². The Morgan fingerprint density at radius 2 is 2.12 bits per heavy atom. The Morgan fingerprint density at radius 1 is 1.41 bits per heavy atom. The molecule has 0 heterocycles. The lowest BCUT2D eigenvalue weighted by atomic mass is 9.70. The highest BCUT2D eigenvalue weighted by Crippen LogP contribution is 2.53. The third-order valence-corrected chi connectivity index (χ3v) is 5.54. The Labute approximate surface area is 107 Å². The molecule has 0 aromatic heterocycles. The second-order valence-electron chi connectivity index (χ2n) is 6.87. The summed E-state index contributed by atoms with van der Waals surface area (Å²) in [5.74, 6) is 2.48. The van der Waals surface area contributed by atoms with Gasteiger partial charge in [-0.05, 0) is 43.9 Å². The van der Waals surface area contributed by atoms with Crippen LogP contribution < -0.4 is 5.32 Å². The maximum atomic E-state index is 4.10. The molecule has 1 nitrogen and oxygen atoms in total. The molecule has 1 heteroatoms. The highest BCUT2D eigenvalue weighted by atomic mass is 14.9. The summed E-state index contributed by atoms with van der Waals surface area (Å²) in [4.78, 5) is 0. The molecule has 17 heavy (non-hydrogen) atoms. The highest BCUT2D eigenvalue weighted by molar-refractivity contribution is 5.14. The van der Waals surface area contributed by atoms with Gasteiger partial charge in [0.05, 0.1) is 6.04 Å². The van der Waals surface area contributed by atoms with Gasteiger partial charge in [0.25, 0.3) is 0 Å². The number of hydrogen-bond acceptors (Lipinski definition) is 0. The minimum atomic E-state index is 0.481. The van der Waals surface area contributed by atoms with E-state index in [2.05, 4.69) is 46.1 Å². The molecule has 0 bridgehead atoms. The van der Waals surface area contributed by atoms with Crippen LogP contribution in [0.4, 0.5) is 0 Å². The van der Waals surface area contributed by atoms with Crippen LogP contribution in [-0.2, 0) is 0 Å². The van der Waals surface area contributed by atoms with E-state index in [9.17, 15) is 0 Å². The van der Waals surface area contributed by atoms with Crippen LogP contribution in [0.1, 0.15) is 53.4 Å². The van der Waals surface area contributed by atoms with Crippen molar-refractivity contribution >= 4 is 0 Å². The molecular formula is C16H29N. The number of fused-ring (bicyclic) bond motifs is 1. The average molecular weight is 235 g/mol. The van der Waals surface area contributed by atoms with Crippen molar-refractivity contribution in [1.29, 1.82) is 0 Å². The second-order valence-corrected chi connectivity index (χ2v) is 6.87. The monoisotopic (exact) mass is 235 g/mol. The minimum Gasteiger partial charge on any atom is -0.476 e. The van der Waals surface area contributed by atoms with Gasteiger partial charge in [-0.1, -0.05) is 32.4 Å². The standard InChI is InChI=1S/C16H29N/c1-11(2)13-8-9-16(4)14(13)10-12(3)6-7-15(16)17-5/h10-11,13-15H,5-9,17H2,1-4H3/t13-,14-,15-,16-/m1/s1. The highest BCUT2D eigenvalue weighted by Gasteiger charge is 2.50. The second kappa shape index (κ2) is 4.76. The van der Waals surface area contributed by atoms with Crippen molar-refractivity contribution in [3.63, 3.8) is 0 Å². The molecule has 0 aromatic carbocycles. The summed E-state index contributed by atoms with van der Waals surface area (Å²) in [5.41, 5.74) is 2.09. The summed E-state index contributed by atoms with van der Waals surface area (Å²) in [7, 11) is 4.10. The smallest absolute Gasteiger partial charge is 0.0683 e. The van der Waals surface area contributed by atoms with E-state index < -0.39 is 0 Å². The Kier molecular flexibility index (Phi) is 3.68. The van der Waals surface area contributed by atoms with Gasteiger partial charge < -0.3 is 5.32 Å². The summed E-state index contributed by atoms with van der Waals surface area (Å²) in [6.07, 6.45) is 7.99. The third-order valence-electron chi connectivity index (χ3n) is 5.54. The van der Waals surface area contributed by atoms with Crippen LogP contribution in [0, 0.1) is 30.2 Å². The molecule has 0 aromatic rings. The fraction of sp³-hybridized carbons (Fsp3) is 0.812. The summed E-state index contributed by atoms with van der Waals surface area (Å²) in [6, 6.07) is 0.713. The van der Waals surface area contributed by atoms with E-state index in [-0.39, 0.29) is 0 Å². The third kappa shape index (κ3) is 2.19. The lowest BCUT2D eigenvalue weighted by Crippen LogP contribution is -2.87. The molecule has 1 saturated carbocycles. The van der Waals surface area contributed by atoms with Crippen molar-refractivity contribution in [3.05, 3.63) is 18.7 Å². The van der Waals surface area contributed by atoms with Gasteiger partial charge >= 0.3 is 0 Å². The molecule has 0 aliphatic heterocycles. The minimum absolute atomic E-state index is 0.481. The van der Waals surface area contributed by atoms with Crippen molar-refractivity contribution in [2.75, 3.05) is 0 Å². The molecular weight excluding hydrogens is 206 g/mol. The fourth-order valence-electron chi connectivity index (χ4n) is 4.30. The lowest BCUT2D eigenvalue weighted by molar-refractivity contribution is -0.651. The zero-order chi connectivity index (χ0) is 12.6. The summed E-state index contributed by atoms with van der Waals surface area (Å²) < 4.78 is 0. The van der Waals surface area contributed by atoms with Gasteiger partial charge in [0, 0.05) is 11.8 Å². The van der Waals surface area contributed by atoms with Crippen LogP contribution in [0.3, 0.4) is 0 Å². The molecule has 2 aliphatic rings. The molecule has 1 fully saturated rings. The molecule has 2 aliphatic carbocycles. The van der Waals surface area contributed by atoms with Crippen molar-refractivity contribution in [2.45, 2.75) is 59.4 Å². The molecule has 0 spiro atoms. The van der Waals surface area contributed by atoms with Crippen LogP contribution in [0.2, 0.25) is 0 Å². The first kappa shape index (κ1) is 13.1. The van der Waals surface area contributed by atoms with E-state index in [0.717, 1.165) is 17.8 Å². The predicted molar refractivity (Wildman–Crippen MR) is 73.2 cm³/mol. The van der Waals surface area contributed by atoms with Gasteiger partial charge in [0.15, 0.2) is 0 Å². The zero-order valence-electron chi connectivity index (χ0n) is 12.0. The molecule has 0 amide bonds. The normalized spacial score (nSPS) is 42.2. The van der Waals surface area contributed by atoms with Gasteiger partial charge in [0.1, 0.15) is 0 Å². The van der Waals surface area contributed by atoms with Crippen LogP contribution in [0.15, 0.2) is 11.6 Å². The van der Waals surface area contributed by atoms with E-state index in [4.69, 9.17) is 0 Å². The molecule has 4 atom stereocenters. The largest absolute Gasteiger partial charge is 0.476 e. The van der Waals surface area contributed by atoms with Gasteiger partial charge in [-0.15, -0.1) is 0 Å². The molecule has 0 saturated heterocycles. The van der Waals surface area contributed by atoms with Crippen molar-refractivity contribution in [2.24, 2.45) is 23.2 Å². The molecule has 98 valence electrons. The van der Waals surface area contributed by atoms with Crippen LogP contribution in [0.25, 0.3) is 0 Å². The van der Waals surface area contributed by atoms with Crippen LogP contribution >= 0.6 is 0 Å². The van der Waals surface area contributed by atoms with E-state index in [0.29, 0.717) is 11.5 Å². The summed E-state index contributed by atoms with van der Waals surface area (Å²) >= 11 is 0. The van der Waals surface area contributed by atoms with Gasteiger partial charge in [0.2, 0.25) is 0 Å². The van der Waals surface area contributed by atoms with Crippen LogP contribution in [-0.4, -0.2) is 6.04 Å². The Morgan fingerprint density at radius 3 is 2.71 bits per heavy atom. The van der Waals surface area contributed by atoms with Crippen LogP contribution in [0.5, 0.6) is 0 Å². The fourth-order valence-corrected chi connectivity index (χ4v) is 4.30. The quantitative estimate of drug-likeness (QED) is 0.559. The van der Waals surface area contributed by atoms with Crippen molar-refractivity contribution < 1.29 is 5.32 Å². The average Bonchev–Trinajstić information content (AvgIpc) is 2.52. The zero-order valence-corrected chi connectivity index (χ0v) is 12.0. The molecule has 0 radical (unpaired) electrons. The number of quaternary nitrogens is 1. The molecule has 2 rings (SSSR count). The molecule has 2 N–H and O–H groups in total. The van der Waals surface area contributed by atoms with E-state index in [1.54, 1.807) is 5.57 Å². The number of allylic oxidation sites excluding steroid dienone is 2. The topological polar surface area (TPSA) is 16.6 Å². The summed E-state index contributed by atoms with van der Waals surface area (Å²) in [6.45, 7) is 9.63.